The van der Waals surface area contributed by atoms with E-state index in [0.717, 1.165) is 11.8 Å². The third kappa shape index (κ3) is 4.51. The Bertz CT molecular complexity index is 1280. The second-order valence-corrected chi connectivity index (χ2v) is 11.4. The van der Waals surface area contributed by atoms with Gasteiger partial charge < -0.3 is 4.74 Å². The first-order valence-corrected chi connectivity index (χ1v) is 13.2. The Morgan fingerprint density at radius 2 is 1.91 bits per heavy atom. The molecule has 2 aromatic carbocycles. The minimum absolute atomic E-state index is 0.0121. The first kappa shape index (κ1) is 24.1. The third-order valence-electron chi connectivity index (χ3n) is 7.04. The number of halogens is 2. The van der Waals surface area contributed by atoms with Gasteiger partial charge in [-0.05, 0) is 43.5 Å². The predicted molar refractivity (Wildman–Crippen MR) is 127 cm³/mol. The van der Waals surface area contributed by atoms with E-state index in [4.69, 9.17) is 4.74 Å². The van der Waals surface area contributed by atoms with Gasteiger partial charge in [0.2, 0.25) is 10.0 Å². The zero-order valence-corrected chi connectivity index (χ0v) is 20.2. The van der Waals surface area contributed by atoms with Crippen molar-refractivity contribution >= 4 is 10.0 Å². The Kier molecular flexibility index (Phi) is 6.47. The van der Waals surface area contributed by atoms with Crippen LogP contribution in [-0.4, -0.2) is 42.2 Å². The molecule has 0 radical (unpaired) electrons. The molecule has 3 heterocycles. The lowest BCUT2D eigenvalue weighted by atomic mass is 9.86. The molecule has 0 saturated carbocycles. The molecule has 2 N–H and O–H groups in total. The number of sulfonamides is 1. The van der Waals surface area contributed by atoms with Crippen molar-refractivity contribution in [3.63, 3.8) is 0 Å². The van der Waals surface area contributed by atoms with Crippen molar-refractivity contribution in [2.45, 2.75) is 49.7 Å². The quantitative estimate of drug-likeness (QED) is 0.514. The third-order valence-corrected chi connectivity index (χ3v) is 9.41. The summed E-state index contributed by atoms with van der Waals surface area (Å²) in [5.74, 6) is -1.24. The molecule has 0 spiro atoms. The fourth-order valence-electron chi connectivity index (χ4n) is 4.90. The fraction of sp³-hybridized carbons (Fsp3) is 0.400. The van der Waals surface area contributed by atoms with Crippen LogP contribution in [0, 0.1) is 11.6 Å². The summed E-state index contributed by atoms with van der Waals surface area (Å²) in [6, 6.07) is 12.8. The Morgan fingerprint density at radius 3 is 2.57 bits per heavy atom. The van der Waals surface area contributed by atoms with Crippen LogP contribution in [0.25, 0.3) is 0 Å². The second-order valence-electron chi connectivity index (χ2n) is 9.33. The zero-order valence-electron chi connectivity index (χ0n) is 19.4. The molecule has 0 unspecified atom stereocenters. The highest BCUT2D eigenvalue weighted by atomic mass is 32.2. The normalized spacial score (nSPS) is 23.6. The monoisotopic (exact) mass is 502 g/mol. The summed E-state index contributed by atoms with van der Waals surface area (Å²) < 4.78 is 64.3. The van der Waals surface area contributed by atoms with Gasteiger partial charge in [0.15, 0.2) is 0 Å². The topological polar surface area (TPSA) is 87.3 Å². The molecule has 35 heavy (non-hydrogen) atoms. The molecule has 186 valence electrons. The van der Waals surface area contributed by atoms with E-state index >= 15 is 8.78 Å². The van der Waals surface area contributed by atoms with Gasteiger partial charge in [-0.25, -0.2) is 17.2 Å². The molecule has 0 aliphatic carbocycles. The number of aromatic nitrogens is 2. The van der Waals surface area contributed by atoms with Crippen LogP contribution >= 0.6 is 0 Å². The van der Waals surface area contributed by atoms with E-state index in [0.29, 0.717) is 24.9 Å². The summed E-state index contributed by atoms with van der Waals surface area (Å²) in [4.78, 5) is 0. The summed E-state index contributed by atoms with van der Waals surface area (Å²) in [5.41, 5.74) is 0.758. The number of rotatable bonds is 7. The molecule has 1 aromatic heterocycles. The van der Waals surface area contributed by atoms with E-state index in [1.165, 1.54) is 10.4 Å². The summed E-state index contributed by atoms with van der Waals surface area (Å²) in [7, 11) is -3.76. The van der Waals surface area contributed by atoms with Crippen molar-refractivity contribution in [3.05, 3.63) is 88.7 Å². The van der Waals surface area contributed by atoms with Crippen LogP contribution in [0.1, 0.15) is 47.4 Å². The number of nitrogens with one attached hydrogen (secondary N) is 2. The van der Waals surface area contributed by atoms with Crippen LogP contribution in [0.5, 0.6) is 0 Å². The molecule has 10 heteroatoms. The number of nitrogens with zero attached hydrogens (tertiary/aromatic N) is 2. The van der Waals surface area contributed by atoms with Crippen molar-refractivity contribution in [1.82, 2.24) is 19.8 Å². The minimum Gasteiger partial charge on any atom is -0.377 e. The van der Waals surface area contributed by atoms with E-state index in [2.05, 4.69) is 15.5 Å². The summed E-state index contributed by atoms with van der Waals surface area (Å²) in [6.07, 6.45) is 2.82. The van der Waals surface area contributed by atoms with Crippen LogP contribution in [0.2, 0.25) is 0 Å². The van der Waals surface area contributed by atoms with Gasteiger partial charge in [0.05, 0.1) is 24.4 Å². The average Bonchev–Trinajstić information content (AvgIpc) is 3.32. The highest BCUT2D eigenvalue weighted by molar-refractivity contribution is 7.89. The molecule has 3 aromatic rings. The van der Waals surface area contributed by atoms with Gasteiger partial charge in [-0.15, -0.1) is 0 Å². The Hall–Kier alpha value is -2.66. The summed E-state index contributed by atoms with van der Waals surface area (Å²) in [5, 5.41) is 9.35. The van der Waals surface area contributed by atoms with Gasteiger partial charge in [0.25, 0.3) is 0 Å². The second kappa shape index (κ2) is 9.42. The molecule has 7 nitrogen and oxygen atoms in total. The number of benzene rings is 2. The van der Waals surface area contributed by atoms with Crippen LogP contribution < -0.4 is 5.32 Å². The maximum Gasteiger partial charge on any atom is 0.221 e. The van der Waals surface area contributed by atoms with Crippen LogP contribution in [0.4, 0.5) is 8.78 Å². The Balaban J connectivity index is 1.40. The highest BCUT2D eigenvalue weighted by Gasteiger charge is 2.44. The van der Waals surface area contributed by atoms with E-state index in [9.17, 15) is 8.42 Å². The Labute approximate surface area is 203 Å². The molecule has 2 fully saturated rings. The van der Waals surface area contributed by atoms with Gasteiger partial charge in [-0.1, -0.05) is 30.3 Å². The molecule has 0 amide bonds. The van der Waals surface area contributed by atoms with E-state index in [-0.39, 0.29) is 36.9 Å². The van der Waals surface area contributed by atoms with E-state index in [1.807, 2.05) is 6.07 Å². The van der Waals surface area contributed by atoms with Gasteiger partial charge >= 0.3 is 0 Å². The molecular formula is C25H28F2N4O3S. The van der Waals surface area contributed by atoms with Gasteiger partial charge in [-0.3, -0.25) is 10.4 Å². The highest BCUT2D eigenvalue weighted by Crippen LogP contribution is 2.39. The van der Waals surface area contributed by atoms with Crippen molar-refractivity contribution in [1.29, 1.82) is 0 Å². The maximum absolute atomic E-state index is 15.3. The van der Waals surface area contributed by atoms with Crippen molar-refractivity contribution in [2.75, 3.05) is 13.2 Å². The SMILES string of the molecule is C[C@H]1CC[C@H](c2ccccc2)S(=O)(=O)N1Cc1cc(F)c(C2(NCc3cc[nH]n3)COC2)cc1F. The standard InChI is InChI=1S/C25H28F2N4O3S/c1-17-7-8-24(18-5-3-2-4-6-18)35(32,33)31(17)14-19-11-23(27)21(12-22(19)26)25(15-34-16-25)28-13-20-9-10-29-30-20/h2-6,9-12,17,24,28H,7-8,13-16H2,1H3,(H,29,30)/t17-,24+/m0/s1. The van der Waals surface area contributed by atoms with Crippen molar-refractivity contribution < 1.29 is 21.9 Å². The molecule has 2 atom stereocenters. The largest absolute Gasteiger partial charge is 0.377 e. The van der Waals surface area contributed by atoms with Crippen molar-refractivity contribution in [2.24, 2.45) is 0 Å². The number of H-pyrrole nitrogens is 1. The lowest BCUT2D eigenvalue weighted by Gasteiger charge is -2.43. The van der Waals surface area contributed by atoms with Crippen LogP contribution in [-0.2, 0) is 33.4 Å². The summed E-state index contributed by atoms with van der Waals surface area (Å²) in [6.45, 7) is 2.34. The van der Waals surface area contributed by atoms with E-state index in [1.54, 1.807) is 43.5 Å². The number of ether oxygens (including phenoxy) is 1. The molecule has 0 bridgehead atoms. The molecule has 2 saturated heterocycles. The molecule has 2 aliphatic heterocycles. The predicted octanol–water partition coefficient (Wildman–Crippen LogP) is 3.76. The number of hydrogen-bond donors (Lipinski definition) is 2. The lowest BCUT2D eigenvalue weighted by Crippen LogP contribution is -2.57. The smallest absolute Gasteiger partial charge is 0.221 e. The van der Waals surface area contributed by atoms with E-state index < -0.39 is 32.4 Å². The first-order chi connectivity index (χ1) is 16.8. The Morgan fingerprint density at radius 1 is 1.14 bits per heavy atom. The van der Waals surface area contributed by atoms with Crippen molar-refractivity contribution in [3.8, 4) is 0 Å². The lowest BCUT2D eigenvalue weighted by molar-refractivity contribution is -0.0814. The van der Waals surface area contributed by atoms with Crippen LogP contribution in [0.3, 0.4) is 0 Å². The summed E-state index contributed by atoms with van der Waals surface area (Å²) >= 11 is 0. The fourth-order valence-corrected chi connectivity index (χ4v) is 7.09. The van der Waals surface area contributed by atoms with Gasteiger partial charge in [-0.2, -0.15) is 9.40 Å². The van der Waals surface area contributed by atoms with Gasteiger partial charge in [0.1, 0.15) is 16.9 Å². The molecule has 2 aliphatic rings. The van der Waals surface area contributed by atoms with Gasteiger partial charge in [0, 0.05) is 36.5 Å². The molecule has 5 rings (SSSR count). The maximum atomic E-state index is 15.3. The first-order valence-electron chi connectivity index (χ1n) is 11.7. The zero-order chi connectivity index (χ0) is 24.6. The minimum atomic E-state index is -3.76. The number of hydrogen-bond acceptors (Lipinski definition) is 5. The van der Waals surface area contributed by atoms with Crippen LogP contribution in [0.15, 0.2) is 54.7 Å². The molecular weight excluding hydrogens is 474 g/mol. The average molecular weight is 503 g/mol. The number of aromatic amines is 1.